The Kier molecular flexibility index (Phi) is 5.67. The molecule has 1 aromatic rings. The van der Waals surface area contributed by atoms with Crippen molar-refractivity contribution < 1.29 is 5.11 Å². The summed E-state index contributed by atoms with van der Waals surface area (Å²) in [4.78, 5) is 1.04. The van der Waals surface area contributed by atoms with E-state index in [2.05, 4.69) is 38.8 Å². The zero-order valence-electron chi connectivity index (χ0n) is 8.09. The molecule has 0 spiro atoms. The van der Waals surface area contributed by atoms with Crippen LogP contribution in [0.15, 0.2) is 14.3 Å². The number of halogens is 2. The van der Waals surface area contributed by atoms with Crippen LogP contribution in [0.5, 0.6) is 0 Å². The molecule has 1 atom stereocenters. The molecule has 4 heteroatoms. The first-order valence-corrected chi connectivity index (χ1v) is 7.18. The minimum absolute atomic E-state index is 0.297. The van der Waals surface area contributed by atoms with Crippen molar-refractivity contribution in [1.82, 2.24) is 0 Å². The van der Waals surface area contributed by atoms with Gasteiger partial charge in [0.2, 0.25) is 0 Å². The molecule has 1 nitrogen and oxygen atoms in total. The van der Waals surface area contributed by atoms with Crippen LogP contribution in [0.4, 0.5) is 0 Å². The number of aliphatic hydroxyl groups excluding tert-OH is 1. The number of aliphatic hydroxyl groups is 1. The molecule has 1 unspecified atom stereocenters. The van der Waals surface area contributed by atoms with Gasteiger partial charge in [-0.15, -0.1) is 11.3 Å². The fraction of sp³-hybridized carbons (Fsp3) is 0.600. The van der Waals surface area contributed by atoms with E-state index in [-0.39, 0.29) is 6.10 Å². The highest BCUT2D eigenvalue weighted by molar-refractivity contribution is 9.13. The summed E-state index contributed by atoms with van der Waals surface area (Å²) < 4.78 is 2.09. The first-order chi connectivity index (χ1) is 6.65. The molecule has 0 aliphatic carbocycles. The van der Waals surface area contributed by atoms with E-state index < -0.39 is 0 Å². The molecule has 1 N–H and O–H groups in total. The number of unbranched alkanes of at least 4 members (excludes halogenated alkanes) is 2. The molecule has 0 amide bonds. The molecule has 80 valence electrons. The topological polar surface area (TPSA) is 20.2 Å². The summed E-state index contributed by atoms with van der Waals surface area (Å²) in [6.45, 7) is 2.17. The monoisotopic (exact) mass is 340 g/mol. The fourth-order valence-electron chi connectivity index (χ4n) is 1.26. The number of hydrogen-bond donors (Lipinski definition) is 1. The third kappa shape index (κ3) is 3.65. The highest BCUT2D eigenvalue weighted by Crippen LogP contribution is 2.36. The predicted molar refractivity (Wildman–Crippen MR) is 68.8 cm³/mol. The van der Waals surface area contributed by atoms with Crippen LogP contribution in [0.25, 0.3) is 0 Å². The maximum atomic E-state index is 9.85. The van der Waals surface area contributed by atoms with Gasteiger partial charge < -0.3 is 5.11 Å². The van der Waals surface area contributed by atoms with Crippen molar-refractivity contribution in [3.05, 3.63) is 19.2 Å². The lowest BCUT2D eigenvalue weighted by molar-refractivity contribution is 0.167. The van der Waals surface area contributed by atoms with Gasteiger partial charge in [0.05, 0.1) is 9.89 Å². The SMILES string of the molecule is CCCCCC(O)c1cc(Br)c(Br)s1. The van der Waals surface area contributed by atoms with Crippen LogP contribution in [0.1, 0.15) is 43.6 Å². The second-order valence-corrected chi connectivity index (χ2v) is 6.54. The van der Waals surface area contributed by atoms with E-state index in [4.69, 9.17) is 0 Å². The third-order valence-electron chi connectivity index (χ3n) is 2.07. The molecule has 0 radical (unpaired) electrons. The number of thiophene rings is 1. The van der Waals surface area contributed by atoms with Gasteiger partial charge in [0, 0.05) is 9.35 Å². The van der Waals surface area contributed by atoms with Gasteiger partial charge in [-0.25, -0.2) is 0 Å². The average Bonchev–Trinajstić information content (AvgIpc) is 2.47. The highest BCUT2D eigenvalue weighted by atomic mass is 79.9. The lowest BCUT2D eigenvalue weighted by atomic mass is 10.1. The first-order valence-electron chi connectivity index (χ1n) is 4.78. The Morgan fingerprint density at radius 1 is 1.43 bits per heavy atom. The van der Waals surface area contributed by atoms with Gasteiger partial charge in [0.1, 0.15) is 0 Å². The van der Waals surface area contributed by atoms with Gasteiger partial charge in [0.25, 0.3) is 0 Å². The van der Waals surface area contributed by atoms with E-state index in [1.807, 2.05) is 6.07 Å². The Bertz CT molecular complexity index is 266. The summed E-state index contributed by atoms with van der Waals surface area (Å²) in [5.41, 5.74) is 0. The van der Waals surface area contributed by atoms with Crippen LogP contribution in [0.3, 0.4) is 0 Å². The van der Waals surface area contributed by atoms with Gasteiger partial charge in [-0.1, -0.05) is 26.2 Å². The largest absolute Gasteiger partial charge is 0.388 e. The van der Waals surface area contributed by atoms with E-state index in [0.29, 0.717) is 0 Å². The standard InChI is InChI=1S/C10H14Br2OS/c1-2-3-4-5-8(13)9-6-7(11)10(12)14-9/h6,8,13H,2-5H2,1H3. The summed E-state index contributed by atoms with van der Waals surface area (Å²) in [5, 5.41) is 9.85. The summed E-state index contributed by atoms with van der Waals surface area (Å²) in [7, 11) is 0. The minimum atomic E-state index is -0.297. The van der Waals surface area contributed by atoms with Crippen LogP contribution < -0.4 is 0 Å². The van der Waals surface area contributed by atoms with Crippen molar-refractivity contribution in [1.29, 1.82) is 0 Å². The van der Waals surface area contributed by atoms with Crippen molar-refractivity contribution in [2.45, 2.75) is 38.7 Å². The van der Waals surface area contributed by atoms with Gasteiger partial charge in [-0.05, 0) is 44.3 Å². The van der Waals surface area contributed by atoms with E-state index in [9.17, 15) is 5.11 Å². The van der Waals surface area contributed by atoms with Crippen molar-refractivity contribution >= 4 is 43.2 Å². The smallest absolute Gasteiger partial charge is 0.0882 e. The van der Waals surface area contributed by atoms with Crippen molar-refractivity contribution in [2.75, 3.05) is 0 Å². The molecule has 1 aromatic heterocycles. The number of hydrogen-bond acceptors (Lipinski definition) is 2. The zero-order chi connectivity index (χ0) is 10.6. The molecular formula is C10H14Br2OS. The molecule has 0 saturated heterocycles. The lowest BCUT2D eigenvalue weighted by Gasteiger charge is -2.06. The lowest BCUT2D eigenvalue weighted by Crippen LogP contribution is -1.93. The Labute approximate surface area is 106 Å². The molecule has 1 rings (SSSR count). The molecule has 14 heavy (non-hydrogen) atoms. The molecular weight excluding hydrogens is 328 g/mol. The van der Waals surface area contributed by atoms with Crippen molar-refractivity contribution in [3.8, 4) is 0 Å². The zero-order valence-corrected chi connectivity index (χ0v) is 12.1. The molecule has 0 aromatic carbocycles. The Morgan fingerprint density at radius 3 is 2.64 bits per heavy atom. The normalized spacial score (nSPS) is 13.1. The second-order valence-electron chi connectivity index (χ2n) is 3.28. The van der Waals surface area contributed by atoms with E-state index in [0.717, 1.165) is 26.0 Å². The average molecular weight is 342 g/mol. The quantitative estimate of drug-likeness (QED) is 0.756. The summed E-state index contributed by atoms with van der Waals surface area (Å²) in [6.07, 6.45) is 4.07. The van der Waals surface area contributed by atoms with Gasteiger partial charge in [-0.2, -0.15) is 0 Å². The van der Waals surface area contributed by atoms with Crippen LogP contribution in [0, 0.1) is 0 Å². The molecule has 0 saturated carbocycles. The van der Waals surface area contributed by atoms with Gasteiger partial charge in [0.15, 0.2) is 0 Å². The maximum absolute atomic E-state index is 9.85. The summed E-state index contributed by atoms with van der Waals surface area (Å²) in [6, 6.07) is 1.99. The summed E-state index contributed by atoms with van der Waals surface area (Å²) in [5.74, 6) is 0. The number of rotatable bonds is 5. The molecule has 1 heterocycles. The molecule has 0 bridgehead atoms. The first kappa shape index (κ1) is 12.7. The Hall–Kier alpha value is 0.620. The van der Waals surface area contributed by atoms with Gasteiger partial charge in [-0.3, -0.25) is 0 Å². The molecule has 0 aliphatic rings. The van der Waals surface area contributed by atoms with Crippen molar-refractivity contribution in [2.24, 2.45) is 0 Å². The minimum Gasteiger partial charge on any atom is -0.388 e. The van der Waals surface area contributed by atoms with E-state index >= 15 is 0 Å². The van der Waals surface area contributed by atoms with Crippen molar-refractivity contribution in [3.63, 3.8) is 0 Å². The Morgan fingerprint density at radius 2 is 2.14 bits per heavy atom. The van der Waals surface area contributed by atoms with Crippen LogP contribution >= 0.6 is 43.2 Å². The maximum Gasteiger partial charge on any atom is 0.0882 e. The van der Waals surface area contributed by atoms with Crippen LogP contribution in [-0.2, 0) is 0 Å². The van der Waals surface area contributed by atoms with Gasteiger partial charge >= 0.3 is 0 Å². The second kappa shape index (κ2) is 6.26. The predicted octanol–water partition coefficient (Wildman–Crippen LogP) is 4.89. The van der Waals surface area contributed by atoms with Crippen LogP contribution in [0.2, 0.25) is 0 Å². The van der Waals surface area contributed by atoms with E-state index in [1.165, 1.54) is 12.8 Å². The highest BCUT2D eigenvalue weighted by Gasteiger charge is 2.12. The summed E-state index contributed by atoms with van der Waals surface area (Å²) >= 11 is 8.45. The van der Waals surface area contributed by atoms with Crippen LogP contribution in [-0.4, -0.2) is 5.11 Å². The van der Waals surface area contributed by atoms with E-state index in [1.54, 1.807) is 11.3 Å². The third-order valence-corrected chi connectivity index (χ3v) is 5.43. The molecule has 0 fully saturated rings. The molecule has 0 aliphatic heterocycles. The Balaban J connectivity index is 2.47. The fourth-order valence-corrected chi connectivity index (χ4v) is 3.37.